The lowest BCUT2D eigenvalue weighted by Crippen LogP contribution is -2.29. The average Bonchev–Trinajstić information content (AvgIpc) is 3.43. The molecule has 0 heterocycles. The zero-order valence-corrected chi connectivity index (χ0v) is 16.3. The van der Waals surface area contributed by atoms with Gasteiger partial charge in [0.1, 0.15) is 0 Å². The standard InChI is InChI=1S/C21H24ClN3O2/c1-25(2)17-8-6-16(7-9-17)24-21(27)19-13-18(19)20(26)23-11-10-14-4-3-5-15(22)12-14/h3-9,12,18-19H,10-11,13H2,1-2H3,(H,23,26)(H,24,27). The highest BCUT2D eigenvalue weighted by atomic mass is 35.5. The third-order valence-electron chi connectivity index (χ3n) is 4.72. The molecule has 1 saturated carbocycles. The van der Waals surface area contributed by atoms with Crippen LogP contribution >= 0.6 is 11.6 Å². The Labute approximate surface area is 164 Å². The van der Waals surface area contributed by atoms with E-state index in [1.807, 2.05) is 67.5 Å². The molecule has 6 heteroatoms. The number of amides is 2. The highest BCUT2D eigenvalue weighted by Crippen LogP contribution is 2.39. The van der Waals surface area contributed by atoms with Crippen molar-refractivity contribution in [3.8, 4) is 0 Å². The monoisotopic (exact) mass is 385 g/mol. The van der Waals surface area contributed by atoms with Gasteiger partial charge in [0.25, 0.3) is 0 Å². The van der Waals surface area contributed by atoms with Crippen LogP contribution in [0.25, 0.3) is 0 Å². The number of halogens is 1. The number of carbonyl (C=O) groups excluding carboxylic acids is 2. The van der Waals surface area contributed by atoms with Gasteiger partial charge in [-0.15, -0.1) is 0 Å². The van der Waals surface area contributed by atoms with E-state index >= 15 is 0 Å². The van der Waals surface area contributed by atoms with Crippen LogP contribution in [0.4, 0.5) is 11.4 Å². The number of benzene rings is 2. The summed E-state index contributed by atoms with van der Waals surface area (Å²) in [4.78, 5) is 26.5. The van der Waals surface area contributed by atoms with E-state index in [-0.39, 0.29) is 23.7 Å². The van der Waals surface area contributed by atoms with Crippen LogP contribution < -0.4 is 15.5 Å². The Balaban J connectivity index is 1.42. The van der Waals surface area contributed by atoms with Gasteiger partial charge in [-0.05, 0) is 54.8 Å². The third-order valence-corrected chi connectivity index (χ3v) is 4.95. The molecular formula is C21H24ClN3O2. The SMILES string of the molecule is CN(C)c1ccc(NC(=O)C2CC2C(=O)NCCc2cccc(Cl)c2)cc1. The molecule has 27 heavy (non-hydrogen) atoms. The van der Waals surface area contributed by atoms with Gasteiger partial charge >= 0.3 is 0 Å². The predicted molar refractivity (Wildman–Crippen MR) is 109 cm³/mol. The maximum atomic E-state index is 12.3. The lowest BCUT2D eigenvalue weighted by Gasteiger charge is -2.13. The summed E-state index contributed by atoms with van der Waals surface area (Å²) in [6, 6.07) is 15.2. The van der Waals surface area contributed by atoms with Crippen LogP contribution in [0, 0.1) is 11.8 Å². The zero-order valence-electron chi connectivity index (χ0n) is 15.5. The molecule has 142 valence electrons. The van der Waals surface area contributed by atoms with Crippen molar-refractivity contribution in [1.29, 1.82) is 0 Å². The van der Waals surface area contributed by atoms with Gasteiger partial charge in [-0.25, -0.2) is 0 Å². The number of anilines is 2. The van der Waals surface area contributed by atoms with Crippen LogP contribution in [0.2, 0.25) is 5.02 Å². The second-order valence-corrected chi connectivity index (χ2v) is 7.49. The van der Waals surface area contributed by atoms with Crippen molar-refractivity contribution in [2.75, 3.05) is 30.9 Å². The third kappa shape index (κ3) is 5.23. The number of nitrogens with zero attached hydrogens (tertiary/aromatic N) is 1. The summed E-state index contributed by atoms with van der Waals surface area (Å²) in [5, 5.41) is 6.50. The molecule has 1 aliphatic carbocycles. The largest absolute Gasteiger partial charge is 0.378 e. The quantitative estimate of drug-likeness (QED) is 0.768. The molecule has 0 radical (unpaired) electrons. The lowest BCUT2D eigenvalue weighted by molar-refractivity contribution is -0.125. The summed E-state index contributed by atoms with van der Waals surface area (Å²) in [7, 11) is 3.93. The molecule has 2 N–H and O–H groups in total. The van der Waals surface area contributed by atoms with Gasteiger partial charge in [0.05, 0.1) is 11.8 Å². The van der Waals surface area contributed by atoms with Crippen LogP contribution in [-0.4, -0.2) is 32.5 Å². The van der Waals surface area contributed by atoms with Gasteiger partial charge in [0, 0.05) is 37.0 Å². The van der Waals surface area contributed by atoms with Crippen molar-refractivity contribution in [2.24, 2.45) is 11.8 Å². The summed E-state index contributed by atoms with van der Waals surface area (Å²) in [5.41, 5.74) is 2.89. The molecule has 2 aromatic rings. The molecule has 1 fully saturated rings. The molecule has 1 aliphatic rings. The van der Waals surface area contributed by atoms with Crippen LogP contribution in [0.1, 0.15) is 12.0 Å². The van der Waals surface area contributed by atoms with Crippen molar-refractivity contribution < 1.29 is 9.59 Å². The first-order chi connectivity index (χ1) is 12.9. The summed E-state index contributed by atoms with van der Waals surface area (Å²) in [6.45, 7) is 0.538. The highest BCUT2D eigenvalue weighted by molar-refractivity contribution is 6.30. The molecular weight excluding hydrogens is 362 g/mol. The zero-order chi connectivity index (χ0) is 19.4. The molecule has 2 amide bonds. The van der Waals surface area contributed by atoms with Crippen LogP contribution in [0.15, 0.2) is 48.5 Å². The molecule has 3 rings (SSSR count). The topological polar surface area (TPSA) is 61.4 Å². The molecule has 2 atom stereocenters. The Morgan fingerprint density at radius 3 is 2.44 bits per heavy atom. The van der Waals surface area contributed by atoms with Gasteiger partial charge in [-0.1, -0.05) is 23.7 Å². The van der Waals surface area contributed by atoms with E-state index in [9.17, 15) is 9.59 Å². The Morgan fingerprint density at radius 2 is 1.78 bits per heavy atom. The molecule has 2 aromatic carbocycles. The van der Waals surface area contributed by atoms with Crippen LogP contribution in [-0.2, 0) is 16.0 Å². The van der Waals surface area contributed by atoms with Crippen molar-refractivity contribution in [3.05, 3.63) is 59.1 Å². The summed E-state index contributed by atoms with van der Waals surface area (Å²) in [6.07, 6.45) is 1.32. The fourth-order valence-corrected chi connectivity index (χ4v) is 3.22. The highest BCUT2D eigenvalue weighted by Gasteiger charge is 2.47. The number of hydrogen-bond donors (Lipinski definition) is 2. The van der Waals surface area contributed by atoms with E-state index < -0.39 is 0 Å². The van der Waals surface area contributed by atoms with E-state index in [2.05, 4.69) is 10.6 Å². The van der Waals surface area contributed by atoms with Crippen LogP contribution in [0.3, 0.4) is 0 Å². The maximum Gasteiger partial charge on any atom is 0.228 e. The normalized spacial score (nSPS) is 17.9. The van der Waals surface area contributed by atoms with E-state index in [1.165, 1.54) is 0 Å². The number of hydrogen-bond acceptors (Lipinski definition) is 3. The molecule has 0 aliphatic heterocycles. The Hall–Kier alpha value is -2.53. The van der Waals surface area contributed by atoms with Gasteiger partial charge in [-0.2, -0.15) is 0 Å². The first kappa shape index (κ1) is 19.2. The summed E-state index contributed by atoms with van der Waals surface area (Å²) in [5.74, 6) is -0.627. The Morgan fingerprint density at radius 1 is 1.07 bits per heavy atom. The van der Waals surface area contributed by atoms with Gasteiger partial charge < -0.3 is 15.5 Å². The molecule has 0 spiro atoms. The van der Waals surface area contributed by atoms with Crippen molar-refractivity contribution in [3.63, 3.8) is 0 Å². The second-order valence-electron chi connectivity index (χ2n) is 7.05. The maximum absolute atomic E-state index is 12.3. The minimum absolute atomic E-state index is 0.0554. The molecule has 0 bridgehead atoms. The van der Waals surface area contributed by atoms with E-state index in [1.54, 1.807) is 0 Å². The van der Waals surface area contributed by atoms with E-state index in [0.29, 0.717) is 24.4 Å². The average molecular weight is 386 g/mol. The first-order valence-electron chi connectivity index (χ1n) is 9.04. The number of carbonyl (C=O) groups is 2. The van der Waals surface area contributed by atoms with Gasteiger partial charge in [0.15, 0.2) is 0 Å². The fourth-order valence-electron chi connectivity index (χ4n) is 3.01. The number of nitrogens with one attached hydrogen (secondary N) is 2. The van der Waals surface area contributed by atoms with E-state index in [0.717, 1.165) is 16.9 Å². The molecule has 0 aromatic heterocycles. The van der Waals surface area contributed by atoms with Crippen LogP contribution in [0.5, 0.6) is 0 Å². The predicted octanol–water partition coefficient (Wildman–Crippen LogP) is 3.34. The van der Waals surface area contributed by atoms with Gasteiger partial charge in [0.2, 0.25) is 11.8 Å². The van der Waals surface area contributed by atoms with Crippen molar-refractivity contribution in [1.82, 2.24) is 5.32 Å². The number of rotatable bonds is 7. The first-order valence-corrected chi connectivity index (χ1v) is 9.42. The summed E-state index contributed by atoms with van der Waals surface area (Å²) < 4.78 is 0. The lowest BCUT2D eigenvalue weighted by atomic mass is 10.1. The summed E-state index contributed by atoms with van der Waals surface area (Å²) >= 11 is 5.96. The Kier molecular flexibility index (Phi) is 6.01. The smallest absolute Gasteiger partial charge is 0.228 e. The molecule has 5 nitrogen and oxygen atoms in total. The molecule has 0 saturated heterocycles. The van der Waals surface area contributed by atoms with E-state index in [4.69, 9.17) is 11.6 Å². The van der Waals surface area contributed by atoms with Crippen molar-refractivity contribution >= 4 is 34.8 Å². The fraction of sp³-hybridized carbons (Fsp3) is 0.333. The Bertz CT molecular complexity index is 820. The van der Waals surface area contributed by atoms with Crippen molar-refractivity contribution in [2.45, 2.75) is 12.8 Å². The minimum Gasteiger partial charge on any atom is -0.378 e. The second kappa shape index (κ2) is 8.44. The minimum atomic E-state index is -0.246. The molecule has 2 unspecified atom stereocenters. The van der Waals surface area contributed by atoms with Gasteiger partial charge in [-0.3, -0.25) is 9.59 Å².